The Morgan fingerprint density at radius 3 is 2.34 bits per heavy atom. The first kappa shape index (κ1) is 22.3. The van der Waals surface area contributed by atoms with Crippen molar-refractivity contribution in [1.29, 1.82) is 0 Å². The van der Waals surface area contributed by atoms with Gasteiger partial charge in [-0.2, -0.15) is 0 Å². The number of carbonyl (C=O) groups is 2. The molecule has 2 heterocycles. The molecular formula is C26H24N6O3. The normalized spacial score (nSPS) is 13.3. The van der Waals surface area contributed by atoms with Gasteiger partial charge >= 0.3 is 6.03 Å². The molecule has 0 saturated carbocycles. The van der Waals surface area contributed by atoms with Crippen LogP contribution in [0.25, 0.3) is 10.9 Å². The quantitative estimate of drug-likeness (QED) is 0.403. The van der Waals surface area contributed by atoms with E-state index in [2.05, 4.69) is 30.8 Å². The van der Waals surface area contributed by atoms with Crippen LogP contribution in [-0.2, 0) is 4.74 Å². The lowest BCUT2D eigenvalue weighted by molar-refractivity contribution is 0.0967. The summed E-state index contributed by atoms with van der Waals surface area (Å²) < 4.78 is 5.50. The first-order chi connectivity index (χ1) is 17.2. The molecule has 4 aromatic rings. The monoisotopic (exact) mass is 468 g/mol. The molecule has 0 radical (unpaired) electrons. The van der Waals surface area contributed by atoms with Crippen molar-refractivity contribution in [3.8, 4) is 0 Å². The predicted octanol–water partition coefficient (Wildman–Crippen LogP) is 4.17. The van der Waals surface area contributed by atoms with E-state index >= 15 is 0 Å². The molecule has 9 heteroatoms. The number of rotatable bonds is 5. The summed E-state index contributed by atoms with van der Waals surface area (Å²) in [6.07, 6.45) is 1.51. The average Bonchev–Trinajstić information content (AvgIpc) is 2.90. The maximum Gasteiger partial charge on any atom is 0.326 e. The fourth-order valence-corrected chi connectivity index (χ4v) is 3.93. The first-order valence-electron chi connectivity index (χ1n) is 11.3. The lowest BCUT2D eigenvalue weighted by atomic mass is 10.1. The van der Waals surface area contributed by atoms with Crippen molar-refractivity contribution >= 4 is 45.7 Å². The summed E-state index contributed by atoms with van der Waals surface area (Å²) in [4.78, 5) is 36.3. The zero-order valence-corrected chi connectivity index (χ0v) is 18.9. The summed E-state index contributed by atoms with van der Waals surface area (Å²) in [7, 11) is 0. The summed E-state index contributed by atoms with van der Waals surface area (Å²) >= 11 is 0. The van der Waals surface area contributed by atoms with Gasteiger partial charge in [0.25, 0.3) is 5.91 Å². The molecule has 35 heavy (non-hydrogen) atoms. The number of morpholine rings is 1. The van der Waals surface area contributed by atoms with Crippen LogP contribution in [-0.4, -0.2) is 48.2 Å². The molecule has 0 aliphatic carbocycles. The van der Waals surface area contributed by atoms with Gasteiger partial charge in [-0.3, -0.25) is 10.1 Å². The number of hydrogen-bond donors (Lipinski definition) is 3. The van der Waals surface area contributed by atoms with Crippen LogP contribution in [0.15, 0.2) is 79.1 Å². The Hall–Kier alpha value is -4.50. The second kappa shape index (κ2) is 10.2. The van der Waals surface area contributed by atoms with Crippen molar-refractivity contribution < 1.29 is 14.3 Å². The van der Waals surface area contributed by atoms with Crippen LogP contribution in [0, 0.1) is 0 Å². The lowest BCUT2D eigenvalue weighted by Crippen LogP contribution is -2.38. The van der Waals surface area contributed by atoms with Crippen molar-refractivity contribution in [3.63, 3.8) is 0 Å². The zero-order valence-electron chi connectivity index (χ0n) is 18.9. The molecule has 1 aliphatic rings. The molecule has 0 unspecified atom stereocenters. The molecule has 9 nitrogen and oxygen atoms in total. The van der Waals surface area contributed by atoms with Crippen LogP contribution in [0.4, 0.5) is 27.7 Å². The van der Waals surface area contributed by atoms with E-state index < -0.39 is 11.9 Å². The number of urea groups is 1. The van der Waals surface area contributed by atoms with Gasteiger partial charge < -0.3 is 20.3 Å². The molecule has 1 aliphatic heterocycles. The molecule has 1 aromatic heterocycles. The summed E-state index contributed by atoms with van der Waals surface area (Å²) in [6.45, 7) is 2.51. The smallest absolute Gasteiger partial charge is 0.326 e. The van der Waals surface area contributed by atoms with E-state index in [0.717, 1.165) is 22.3 Å². The second-order valence-corrected chi connectivity index (χ2v) is 7.97. The van der Waals surface area contributed by atoms with Crippen LogP contribution in [0.5, 0.6) is 0 Å². The summed E-state index contributed by atoms with van der Waals surface area (Å²) in [5.41, 5.74) is 3.35. The molecule has 176 valence electrons. The van der Waals surface area contributed by atoms with E-state index in [1.807, 2.05) is 48.5 Å². The molecular weight excluding hydrogens is 444 g/mol. The number of carbonyl (C=O) groups excluding carboxylic acids is 2. The Bertz CT molecular complexity index is 1340. The number of amides is 3. The van der Waals surface area contributed by atoms with Gasteiger partial charge in [-0.15, -0.1) is 0 Å². The maximum atomic E-state index is 12.8. The molecule has 3 amide bonds. The number of fused-ring (bicyclic) bond motifs is 1. The Morgan fingerprint density at radius 2 is 1.60 bits per heavy atom. The minimum Gasteiger partial charge on any atom is -0.378 e. The lowest BCUT2D eigenvalue weighted by Gasteiger charge is -2.31. The number of hydrogen-bond acceptors (Lipinski definition) is 7. The molecule has 0 spiro atoms. The molecule has 3 aromatic carbocycles. The van der Waals surface area contributed by atoms with Crippen LogP contribution in [0.2, 0.25) is 0 Å². The molecule has 0 bridgehead atoms. The van der Waals surface area contributed by atoms with Gasteiger partial charge in [0.15, 0.2) is 0 Å². The van der Waals surface area contributed by atoms with Gasteiger partial charge in [-0.25, -0.2) is 14.8 Å². The molecule has 0 atom stereocenters. The second-order valence-electron chi connectivity index (χ2n) is 7.97. The van der Waals surface area contributed by atoms with Crippen LogP contribution >= 0.6 is 0 Å². The third-order valence-electron chi connectivity index (χ3n) is 5.65. The summed E-state index contributed by atoms with van der Waals surface area (Å²) in [5, 5.41) is 9.30. The van der Waals surface area contributed by atoms with E-state index in [-0.39, 0.29) is 0 Å². The van der Waals surface area contributed by atoms with Gasteiger partial charge in [0.05, 0.1) is 30.1 Å². The Morgan fingerprint density at radius 1 is 0.886 bits per heavy atom. The molecule has 5 rings (SSSR count). The summed E-state index contributed by atoms with van der Waals surface area (Å²) in [5.74, 6) is 0.130. The highest BCUT2D eigenvalue weighted by atomic mass is 16.5. The van der Waals surface area contributed by atoms with Gasteiger partial charge in [-0.1, -0.05) is 36.4 Å². The number of nitrogens with one attached hydrogen (secondary N) is 3. The van der Waals surface area contributed by atoms with Crippen LogP contribution < -0.4 is 20.9 Å². The largest absolute Gasteiger partial charge is 0.378 e. The highest BCUT2D eigenvalue weighted by molar-refractivity contribution is 6.10. The number of benzene rings is 3. The SMILES string of the molecule is O=C(NC(=O)c1ccccc1)Nc1cc2c(Nc3ccccc3)ncnc2cc1N1CCOCC1. The minimum absolute atomic E-state index is 0.400. The molecule has 3 N–H and O–H groups in total. The van der Waals surface area contributed by atoms with Crippen molar-refractivity contribution in [2.24, 2.45) is 0 Å². The van der Waals surface area contributed by atoms with Gasteiger partial charge in [-0.05, 0) is 36.4 Å². The zero-order chi connectivity index (χ0) is 24.0. The van der Waals surface area contributed by atoms with Crippen molar-refractivity contribution in [1.82, 2.24) is 15.3 Å². The van der Waals surface area contributed by atoms with E-state index in [0.29, 0.717) is 43.4 Å². The fourth-order valence-electron chi connectivity index (χ4n) is 3.93. The molecule has 1 saturated heterocycles. The number of para-hydroxylation sites is 1. The van der Waals surface area contributed by atoms with E-state index in [1.54, 1.807) is 24.3 Å². The van der Waals surface area contributed by atoms with Crippen molar-refractivity contribution in [2.75, 3.05) is 41.8 Å². The van der Waals surface area contributed by atoms with Crippen molar-refractivity contribution in [2.45, 2.75) is 0 Å². The summed E-state index contributed by atoms with van der Waals surface area (Å²) in [6, 6.07) is 21.4. The van der Waals surface area contributed by atoms with E-state index in [1.165, 1.54) is 6.33 Å². The fraction of sp³-hybridized carbons (Fsp3) is 0.154. The number of ether oxygens (including phenoxy) is 1. The number of anilines is 4. The van der Waals surface area contributed by atoms with E-state index in [4.69, 9.17) is 4.74 Å². The third-order valence-corrected chi connectivity index (χ3v) is 5.65. The highest BCUT2D eigenvalue weighted by Gasteiger charge is 2.20. The standard InChI is InChI=1S/C26H24N6O3/c33-25(18-7-3-1-4-8-18)31-26(34)30-22-15-20-21(16-23(22)32-11-13-35-14-12-32)27-17-28-24(20)29-19-9-5-2-6-10-19/h1-10,15-17H,11-14H2,(H,27,28,29)(H2,30,31,33,34). The van der Waals surface area contributed by atoms with Gasteiger partial charge in [0.2, 0.25) is 0 Å². The maximum absolute atomic E-state index is 12.8. The average molecular weight is 469 g/mol. The van der Waals surface area contributed by atoms with Gasteiger partial charge in [0.1, 0.15) is 12.1 Å². The third kappa shape index (κ3) is 5.20. The Balaban J connectivity index is 1.48. The number of nitrogens with zero attached hydrogens (tertiary/aromatic N) is 3. The van der Waals surface area contributed by atoms with Crippen molar-refractivity contribution in [3.05, 3.63) is 84.7 Å². The Labute approximate surface area is 202 Å². The van der Waals surface area contributed by atoms with Crippen LogP contribution in [0.3, 0.4) is 0 Å². The van der Waals surface area contributed by atoms with Gasteiger partial charge in [0, 0.05) is 29.7 Å². The predicted molar refractivity (Wildman–Crippen MR) is 135 cm³/mol. The number of aromatic nitrogens is 2. The Kier molecular flexibility index (Phi) is 6.49. The van der Waals surface area contributed by atoms with Crippen LogP contribution in [0.1, 0.15) is 10.4 Å². The highest BCUT2D eigenvalue weighted by Crippen LogP contribution is 2.34. The topological polar surface area (TPSA) is 108 Å². The first-order valence-corrected chi connectivity index (χ1v) is 11.3. The molecule has 1 fully saturated rings. The minimum atomic E-state index is -0.623. The van der Waals surface area contributed by atoms with E-state index in [9.17, 15) is 9.59 Å². The number of imide groups is 1.